The predicted molar refractivity (Wildman–Crippen MR) is 174 cm³/mol. The van der Waals surface area contributed by atoms with Crippen LogP contribution in [0.4, 0.5) is 5.69 Å². The zero-order valence-corrected chi connectivity index (χ0v) is 26.7. The summed E-state index contributed by atoms with van der Waals surface area (Å²) in [5.41, 5.74) is 2.63. The average molecular weight is 629 g/mol. The highest BCUT2D eigenvalue weighted by Crippen LogP contribution is 2.36. The van der Waals surface area contributed by atoms with E-state index in [0.29, 0.717) is 34.5 Å². The molecule has 0 unspecified atom stereocenters. The molecule has 0 bridgehead atoms. The summed E-state index contributed by atoms with van der Waals surface area (Å²) >= 11 is 1.47. The van der Waals surface area contributed by atoms with Gasteiger partial charge in [-0.05, 0) is 84.2 Å². The van der Waals surface area contributed by atoms with Crippen LogP contribution in [0.3, 0.4) is 0 Å². The number of carbonyl (C=O) groups excluding carboxylic acids is 2. The van der Waals surface area contributed by atoms with Crippen LogP contribution in [0.25, 0.3) is 11.4 Å². The number of aromatic nitrogens is 4. The fourth-order valence-electron chi connectivity index (χ4n) is 6.55. The lowest BCUT2D eigenvalue weighted by Gasteiger charge is -2.32. The second kappa shape index (κ2) is 14.2. The van der Waals surface area contributed by atoms with Gasteiger partial charge in [0.05, 0.1) is 14.2 Å². The molecule has 2 fully saturated rings. The molecule has 2 heterocycles. The quantitative estimate of drug-likeness (QED) is 0.208. The van der Waals surface area contributed by atoms with E-state index in [-0.39, 0.29) is 24.4 Å². The Bertz CT molecular complexity index is 1580. The molecule has 2 aromatic heterocycles. The Morgan fingerprint density at radius 1 is 0.956 bits per heavy atom. The molecule has 45 heavy (non-hydrogen) atoms. The summed E-state index contributed by atoms with van der Waals surface area (Å²) in [6.07, 6.45) is 10.3. The Morgan fingerprint density at radius 2 is 1.69 bits per heavy atom. The van der Waals surface area contributed by atoms with Gasteiger partial charge in [-0.15, -0.1) is 21.5 Å². The van der Waals surface area contributed by atoms with Gasteiger partial charge in [-0.3, -0.25) is 14.5 Å². The van der Waals surface area contributed by atoms with Crippen molar-refractivity contribution in [1.29, 1.82) is 0 Å². The zero-order chi connectivity index (χ0) is 31.2. The van der Waals surface area contributed by atoms with Crippen LogP contribution in [0.5, 0.6) is 11.5 Å². The van der Waals surface area contributed by atoms with E-state index < -0.39 is 6.04 Å². The van der Waals surface area contributed by atoms with E-state index in [2.05, 4.69) is 32.9 Å². The van der Waals surface area contributed by atoms with Gasteiger partial charge in [-0.25, -0.2) is 0 Å². The SMILES string of the molecule is COc1ccc(-c2nnn(CC(=O)N(c3ccc(C4CCCCC4)cc3)[C@@H](C(=O)NC3CCCC3)c3cccs3)n2)cc1OC. The van der Waals surface area contributed by atoms with Crippen LogP contribution in [-0.2, 0) is 16.1 Å². The summed E-state index contributed by atoms with van der Waals surface area (Å²) in [5, 5.41) is 18.1. The van der Waals surface area contributed by atoms with E-state index in [9.17, 15) is 9.59 Å². The second-order valence-electron chi connectivity index (χ2n) is 11.8. The third-order valence-electron chi connectivity index (χ3n) is 8.91. The molecule has 2 saturated carbocycles. The molecule has 1 N–H and O–H groups in total. The highest BCUT2D eigenvalue weighted by atomic mass is 32.1. The summed E-state index contributed by atoms with van der Waals surface area (Å²) in [5.74, 6) is 1.52. The molecule has 0 saturated heterocycles. The maximum Gasteiger partial charge on any atom is 0.251 e. The molecule has 0 aliphatic heterocycles. The number of nitrogens with zero attached hydrogens (tertiary/aromatic N) is 5. The van der Waals surface area contributed by atoms with Gasteiger partial charge in [-0.2, -0.15) is 4.80 Å². The fraction of sp³-hybridized carbons (Fsp3) is 0.441. The van der Waals surface area contributed by atoms with Gasteiger partial charge in [0.15, 0.2) is 11.5 Å². The van der Waals surface area contributed by atoms with Crippen LogP contribution in [-0.4, -0.2) is 52.3 Å². The van der Waals surface area contributed by atoms with Crippen molar-refractivity contribution in [3.05, 3.63) is 70.4 Å². The van der Waals surface area contributed by atoms with Crippen molar-refractivity contribution in [3.8, 4) is 22.9 Å². The van der Waals surface area contributed by atoms with Gasteiger partial charge >= 0.3 is 0 Å². The van der Waals surface area contributed by atoms with Crippen molar-refractivity contribution in [3.63, 3.8) is 0 Å². The van der Waals surface area contributed by atoms with Gasteiger partial charge in [-0.1, -0.05) is 50.3 Å². The van der Waals surface area contributed by atoms with Gasteiger partial charge in [0, 0.05) is 22.2 Å². The number of methoxy groups -OCH3 is 2. The standard InChI is InChI=1S/C34H40N6O4S/c1-43-28-19-16-25(21-29(28)44-2)33-36-38-39(37-33)22-31(41)40(27-17-14-24(15-18-27)23-9-4-3-5-10-23)32(30-13-8-20-45-30)34(42)35-26-11-6-7-12-26/h8,13-21,23,26,32H,3-7,9-12,22H2,1-2H3,(H,35,42)/t32-/m1/s1. The number of hydrogen-bond donors (Lipinski definition) is 1. The largest absolute Gasteiger partial charge is 0.493 e. The molecule has 0 spiro atoms. The van der Waals surface area contributed by atoms with Crippen LogP contribution in [0.15, 0.2) is 60.0 Å². The highest BCUT2D eigenvalue weighted by molar-refractivity contribution is 7.10. The molecule has 2 aliphatic rings. The molecule has 11 heteroatoms. The van der Waals surface area contributed by atoms with Gasteiger partial charge in [0.1, 0.15) is 12.6 Å². The molecule has 2 amide bonds. The topological polar surface area (TPSA) is 111 Å². The Kier molecular flexibility index (Phi) is 9.73. The minimum absolute atomic E-state index is 0.117. The van der Waals surface area contributed by atoms with Crippen LogP contribution < -0.4 is 19.7 Å². The van der Waals surface area contributed by atoms with Gasteiger partial charge in [0.2, 0.25) is 11.7 Å². The minimum atomic E-state index is -0.826. The molecule has 2 aliphatic carbocycles. The van der Waals surface area contributed by atoms with E-state index in [1.54, 1.807) is 31.3 Å². The molecule has 236 valence electrons. The number of nitrogens with one attached hydrogen (secondary N) is 1. The summed E-state index contributed by atoms with van der Waals surface area (Å²) in [4.78, 5) is 32.0. The number of thiophene rings is 1. The first-order valence-corrected chi connectivity index (χ1v) is 16.7. The highest BCUT2D eigenvalue weighted by Gasteiger charge is 2.35. The predicted octanol–water partition coefficient (Wildman–Crippen LogP) is 6.30. The summed E-state index contributed by atoms with van der Waals surface area (Å²) in [6, 6.07) is 16.7. The molecule has 4 aromatic rings. The van der Waals surface area contributed by atoms with E-state index in [0.717, 1.165) is 30.6 Å². The lowest BCUT2D eigenvalue weighted by Crippen LogP contribution is -2.47. The number of amides is 2. The molecule has 6 rings (SSSR count). The van der Waals surface area contributed by atoms with E-state index in [1.165, 1.54) is 53.8 Å². The monoisotopic (exact) mass is 628 g/mol. The first-order chi connectivity index (χ1) is 22.0. The average Bonchev–Trinajstić information content (AvgIpc) is 3.88. The van der Waals surface area contributed by atoms with Crippen LogP contribution in [0, 0.1) is 0 Å². The summed E-state index contributed by atoms with van der Waals surface area (Å²) in [7, 11) is 3.14. The van der Waals surface area contributed by atoms with E-state index in [1.807, 2.05) is 35.7 Å². The number of ether oxygens (including phenoxy) is 2. The number of carbonyl (C=O) groups is 2. The van der Waals surface area contributed by atoms with Crippen molar-refractivity contribution >= 4 is 28.8 Å². The van der Waals surface area contributed by atoms with Crippen molar-refractivity contribution in [2.24, 2.45) is 0 Å². The fourth-order valence-corrected chi connectivity index (χ4v) is 7.36. The Balaban J connectivity index is 1.31. The minimum Gasteiger partial charge on any atom is -0.493 e. The zero-order valence-electron chi connectivity index (χ0n) is 25.9. The number of hydrogen-bond acceptors (Lipinski definition) is 8. The maximum absolute atomic E-state index is 14.3. The van der Waals surface area contributed by atoms with E-state index in [4.69, 9.17) is 9.47 Å². The lowest BCUT2D eigenvalue weighted by molar-refractivity contribution is -0.127. The van der Waals surface area contributed by atoms with E-state index >= 15 is 0 Å². The van der Waals surface area contributed by atoms with Crippen molar-refractivity contribution < 1.29 is 19.1 Å². The first kappa shape index (κ1) is 30.8. The number of rotatable bonds is 11. The van der Waals surface area contributed by atoms with Crippen molar-refractivity contribution in [2.75, 3.05) is 19.1 Å². The lowest BCUT2D eigenvalue weighted by atomic mass is 9.84. The van der Waals surface area contributed by atoms with Crippen LogP contribution in [0.2, 0.25) is 0 Å². The summed E-state index contributed by atoms with van der Waals surface area (Å²) < 4.78 is 10.8. The summed E-state index contributed by atoms with van der Waals surface area (Å²) in [6.45, 7) is -0.191. The Labute approximate surface area is 267 Å². The van der Waals surface area contributed by atoms with Crippen LogP contribution in [0.1, 0.15) is 80.2 Å². The number of benzene rings is 2. The number of tetrazole rings is 1. The molecular weight excluding hydrogens is 588 g/mol. The number of anilines is 1. The molecular formula is C34H40N6O4S. The molecule has 1 atom stereocenters. The van der Waals surface area contributed by atoms with Gasteiger partial charge < -0.3 is 14.8 Å². The van der Waals surface area contributed by atoms with Crippen LogP contribution >= 0.6 is 11.3 Å². The Morgan fingerprint density at radius 3 is 2.38 bits per heavy atom. The molecule has 0 radical (unpaired) electrons. The smallest absolute Gasteiger partial charge is 0.251 e. The van der Waals surface area contributed by atoms with Crippen molar-refractivity contribution in [1.82, 2.24) is 25.5 Å². The second-order valence-corrected chi connectivity index (χ2v) is 12.8. The molecule has 10 nitrogen and oxygen atoms in total. The molecule has 2 aromatic carbocycles. The third kappa shape index (κ3) is 7.03. The van der Waals surface area contributed by atoms with Gasteiger partial charge in [0.25, 0.3) is 5.91 Å². The van der Waals surface area contributed by atoms with Crippen molar-refractivity contribution in [2.45, 2.75) is 82.3 Å². The third-order valence-corrected chi connectivity index (χ3v) is 9.83. The normalized spacial score (nSPS) is 16.3. The Hall–Kier alpha value is -4.25. The maximum atomic E-state index is 14.3. The first-order valence-electron chi connectivity index (χ1n) is 15.8.